The number of anilines is 1. The summed E-state index contributed by atoms with van der Waals surface area (Å²) in [6.07, 6.45) is 0. The van der Waals surface area contributed by atoms with Gasteiger partial charge in [-0.1, -0.05) is 6.07 Å². The summed E-state index contributed by atoms with van der Waals surface area (Å²) < 4.78 is 0. The summed E-state index contributed by atoms with van der Waals surface area (Å²) in [7, 11) is 0. The molecule has 0 saturated carbocycles. The number of carbonyl (C=O) groups excluding carboxylic acids is 1. The highest BCUT2D eigenvalue weighted by Gasteiger charge is 2.13. The standard InChI is InChI=1S/C14H19N3O/c1-4-16-14(18)10-17(5-2)13-7-6-11(3)8-12(13)9-15/h6-8H,4-5,10H2,1-3H3,(H,16,18). The van der Waals surface area contributed by atoms with E-state index in [1.54, 1.807) is 0 Å². The molecule has 4 nitrogen and oxygen atoms in total. The smallest absolute Gasteiger partial charge is 0.239 e. The molecule has 96 valence electrons. The van der Waals surface area contributed by atoms with Gasteiger partial charge in [0.05, 0.1) is 17.8 Å². The lowest BCUT2D eigenvalue weighted by molar-refractivity contribution is -0.119. The van der Waals surface area contributed by atoms with Crippen LogP contribution in [-0.4, -0.2) is 25.5 Å². The summed E-state index contributed by atoms with van der Waals surface area (Å²) >= 11 is 0. The number of rotatable bonds is 5. The summed E-state index contributed by atoms with van der Waals surface area (Å²) in [4.78, 5) is 13.5. The van der Waals surface area contributed by atoms with E-state index < -0.39 is 0 Å². The molecule has 0 aliphatic heterocycles. The van der Waals surface area contributed by atoms with Crippen LogP contribution in [0.4, 0.5) is 5.69 Å². The van der Waals surface area contributed by atoms with E-state index in [9.17, 15) is 4.79 Å². The molecular formula is C14H19N3O. The topological polar surface area (TPSA) is 56.1 Å². The van der Waals surface area contributed by atoms with Crippen LogP contribution in [0, 0.1) is 18.3 Å². The quantitative estimate of drug-likeness (QED) is 0.861. The lowest BCUT2D eigenvalue weighted by Gasteiger charge is -2.23. The van der Waals surface area contributed by atoms with Crippen molar-refractivity contribution in [2.24, 2.45) is 0 Å². The van der Waals surface area contributed by atoms with Crippen LogP contribution in [-0.2, 0) is 4.79 Å². The molecule has 1 N–H and O–H groups in total. The van der Waals surface area contributed by atoms with E-state index in [2.05, 4.69) is 11.4 Å². The van der Waals surface area contributed by atoms with Crippen molar-refractivity contribution in [3.05, 3.63) is 29.3 Å². The normalized spacial score (nSPS) is 9.67. The van der Waals surface area contributed by atoms with Gasteiger partial charge in [-0.3, -0.25) is 4.79 Å². The molecule has 0 unspecified atom stereocenters. The number of nitrogens with zero attached hydrogens (tertiary/aromatic N) is 2. The number of nitriles is 1. The zero-order valence-corrected chi connectivity index (χ0v) is 11.2. The number of likely N-dealkylation sites (N-methyl/N-ethyl adjacent to an activating group) is 2. The second-order valence-electron chi connectivity index (χ2n) is 4.10. The van der Waals surface area contributed by atoms with Crippen molar-refractivity contribution in [1.29, 1.82) is 5.26 Å². The van der Waals surface area contributed by atoms with Gasteiger partial charge >= 0.3 is 0 Å². The predicted octanol–water partition coefficient (Wildman–Crippen LogP) is 1.83. The minimum absolute atomic E-state index is 0.0242. The molecule has 0 aromatic heterocycles. The molecule has 0 bridgehead atoms. The Balaban J connectivity index is 2.95. The zero-order valence-electron chi connectivity index (χ0n) is 11.2. The van der Waals surface area contributed by atoms with Gasteiger partial charge in [-0.05, 0) is 38.5 Å². The van der Waals surface area contributed by atoms with Crippen molar-refractivity contribution in [1.82, 2.24) is 5.32 Å². The lowest BCUT2D eigenvalue weighted by Crippen LogP contribution is -2.37. The van der Waals surface area contributed by atoms with E-state index in [-0.39, 0.29) is 12.5 Å². The highest BCUT2D eigenvalue weighted by molar-refractivity contribution is 5.82. The van der Waals surface area contributed by atoms with Gasteiger partial charge in [0.25, 0.3) is 0 Å². The van der Waals surface area contributed by atoms with Gasteiger partial charge in [0.15, 0.2) is 0 Å². The van der Waals surface area contributed by atoms with Gasteiger partial charge in [0.2, 0.25) is 5.91 Å². The fraction of sp³-hybridized carbons (Fsp3) is 0.429. The molecule has 1 rings (SSSR count). The summed E-state index contributed by atoms with van der Waals surface area (Å²) in [5.41, 5.74) is 2.47. The number of hydrogen-bond acceptors (Lipinski definition) is 3. The number of hydrogen-bond donors (Lipinski definition) is 1. The number of aryl methyl sites for hydroxylation is 1. The molecule has 0 atom stereocenters. The number of amides is 1. The van der Waals surface area contributed by atoms with Gasteiger partial charge in [-0.25, -0.2) is 0 Å². The van der Waals surface area contributed by atoms with E-state index in [0.717, 1.165) is 11.3 Å². The van der Waals surface area contributed by atoms with E-state index in [4.69, 9.17) is 5.26 Å². The van der Waals surface area contributed by atoms with Crippen LogP contribution in [0.1, 0.15) is 25.0 Å². The summed E-state index contributed by atoms with van der Waals surface area (Å²) in [5.74, 6) is -0.0242. The first-order chi connectivity index (χ1) is 8.62. The van der Waals surface area contributed by atoms with E-state index in [1.165, 1.54) is 0 Å². The molecule has 0 saturated heterocycles. The second kappa shape index (κ2) is 6.65. The summed E-state index contributed by atoms with van der Waals surface area (Å²) in [6, 6.07) is 7.88. The van der Waals surface area contributed by atoms with Crippen LogP contribution >= 0.6 is 0 Å². The molecule has 0 radical (unpaired) electrons. The van der Waals surface area contributed by atoms with Crippen molar-refractivity contribution in [3.63, 3.8) is 0 Å². The van der Waals surface area contributed by atoms with Crippen LogP contribution in [0.2, 0.25) is 0 Å². The maximum Gasteiger partial charge on any atom is 0.239 e. The van der Waals surface area contributed by atoms with E-state index >= 15 is 0 Å². The largest absolute Gasteiger partial charge is 0.361 e. The Hall–Kier alpha value is -2.02. The van der Waals surface area contributed by atoms with Crippen molar-refractivity contribution in [2.75, 3.05) is 24.5 Å². The molecule has 0 spiro atoms. The number of carbonyl (C=O) groups is 1. The molecule has 0 fully saturated rings. The first-order valence-corrected chi connectivity index (χ1v) is 6.14. The fourth-order valence-corrected chi connectivity index (χ4v) is 1.81. The molecular weight excluding hydrogens is 226 g/mol. The maximum absolute atomic E-state index is 11.6. The number of nitrogens with one attached hydrogen (secondary N) is 1. The molecule has 0 heterocycles. The third-order valence-electron chi connectivity index (χ3n) is 2.70. The number of benzene rings is 1. The first kappa shape index (κ1) is 14.0. The van der Waals surface area contributed by atoms with Crippen molar-refractivity contribution >= 4 is 11.6 Å². The third-order valence-corrected chi connectivity index (χ3v) is 2.70. The molecule has 1 amide bonds. The van der Waals surface area contributed by atoms with Gasteiger partial charge < -0.3 is 10.2 Å². The van der Waals surface area contributed by atoms with Crippen LogP contribution in [0.3, 0.4) is 0 Å². The Morgan fingerprint density at radius 3 is 2.72 bits per heavy atom. The Morgan fingerprint density at radius 2 is 2.17 bits per heavy atom. The monoisotopic (exact) mass is 245 g/mol. The van der Waals surface area contributed by atoms with Crippen LogP contribution < -0.4 is 10.2 Å². The maximum atomic E-state index is 11.6. The Bertz CT molecular complexity index is 463. The fourth-order valence-electron chi connectivity index (χ4n) is 1.81. The van der Waals surface area contributed by atoms with Gasteiger partial charge in [-0.15, -0.1) is 0 Å². The molecule has 4 heteroatoms. The van der Waals surface area contributed by atoms with E-state index in [1.807, 2.05) is 43.9 Å². The highest BCUT2D eigenvalue weighted by Crippen LogP contribution is 2.20. The zero-order chi connectivity index (χ0) is 13.5. The summed E-state index contributed by atoms with van der Waals surface area (Å²) in [5, 5.41) is 11.9. The Labute approximate surface area is 108 Å². The van der Waals surface area contributed by atoms with Crippen molar-refractivity contribution in [3.8, 4) is 6.07 Å². The molecule has 0 aliphatic rings. The average molecular weight is 245 g/mol. The first-order valence-electron chi connectivity index (χ1n) is 6.14. The minimum Gasteiger partial charge on any atom is -0.361 e. The lowest BCUT2D eigenvalue weighted by atomic mass is 10.1. The van der Waals surface area contributed by atoms with E-state index in [0.29, 0.717) is 18.7 Å². The average Bonchev–Trinajstić information content (AvgIpc) is 2.36. The predicted molar refractivity (Wildman–Crippen MR) is 72.5 cm³/mol. The van der Waals surface area contributed by atoms with Crippen molar-refractivity contribution in [2.45, 2.75) is 20.8 Å². The SMILES string of the molecule is CCNC(=O)CN(CC)c1ccc(C)cc1C#N. The van der Waals surface area contributed by atoms with Gasteiger partial charge in [0, 0.05) is 13.1 Å². The minimum atomic E-state index is -0.0242. The van der Waals surface area contributed by atoms with Crippen LogP contribution in [0.5, 0.6) is 0 Å². The molecule has 18 heavy (non-hydrogen) atoms. The van der Waals surface area contributed by atoms with Gasteiger partial charge in [0.1, 0.15) is 6.07 Å². The van der Waals surface area contributed by atoms with Crippen LogP contribution in [0.15, 0.2) is 18.2 Å². The summed E-state index contributed by atoms with van der Waals surface area (Å²) in [6.45, 7) is 7.40. The second-order valence-corrected chi connectivity index (χ2v) is 4.10. The molecule has 1 aromatic rings. The highest BCUT2D eigenvalue weighted by atomic mass is 16.2. The van der Waals surface area contributed by atoms with Crippen molar-refractivity contribution < 1.29 is 4.79 Å². The Kier molecular flexibility index (Phi) is 5.19. The van der Waals surface area contributed by atoms with Gasteiger partial charge in [-0.2, -0.15) is 5.26 Å². The third kappa shape index (κ3) is 3.49. The van der Waals surface area contributed by atoms with Crippen LogP contribution in [0.25, 0.3) is 0 Å². The molecule has 0 aliphatic carbocycles. The Morgan fingerprint density at radius 1 is 1.44 bits per heavy atom. The molecule has 1 aromatic carbocycles.